The van der Waals surface area contributed by atoms with Crippen LogP contribution in [-0.4, -0.2) is 32.0 Å². The lowest BCUT2D eigenvalue weighted by Gasteiger charge is -2.33. The predicted octanol–water partition coefficient (Wildman–Crippen LogP) is -1.65. The van der Waals surface area contributed by atoms with Crippen LogP contribution in [0.3, 0.4) is 0 Å². The summed E-state index contributed by atoms with van der Waals surface area (Å²) in [6, 6.07) is 2.91. The molecule has 19 heavy (non-hydrogen) atoms. The largest absolute Gasteiger partial charge is 0.776 e. The van der Waals surface area contributed by atoms with E-state index < -0.39 is 26.8 Å². The summed E-state index contributed by atoms with van der Waals surface area (Å²) >= 11 is 0. The molecule has 0 amide bonds. The quantitative estimate of drug-likeness (QED) is 0.373. The summed E-state index contributed by atoms with van der Waals surface area (Å²) in [5.41, 5.74) is 0. The second-order valence-electron chi connectivity index (χ2n) is 3.75. The first-order valence-electron chi connectivity index (χ1n) is 4.86. The lowest BCUT2D eigenvalue weighted by Crippen LogP contribution is -2.49. The van der Waals surface area contributed by atoms with E-state index in [0.717, 1.165) is 4.57 Å². The zero-order chi connectivity index (χ0) is 14.9. The molecule has 1 aromatic heterocycles. The molecule has 0 saturated carbocycles. The minimum absolute atomic E-state index is 0.272. The number of methoxy groups -OCH3 is 1. The Balaban J connectivity index is 3.23. The molecule has 1 heterocycles. The van der Waals surface area contributed by atoms with Gasteiger partial charge in [0.2, 0.25) is 6.20 Å². The molecule has 9 nitrogen and oxygen atoms in total. The number of hydrogen-bond donors (Lipinski definition) is 4. The topological polar surface area (TPSA) is 151 Å². The molecule has 108 valence electrons. The Morgan fingerprint density at radius 3 is 2.42 bits per heavy atom. The van der Waals surface area contributed by atoms with Crippen molar-refractivity contribution in [1.29, 1.82) is 0 Å². The third kappa shape index (κ3) is 3.40. The fraction of sp³-hybridized carbons (Fsp3) is 0.375. The van der Waals surface area contributed by atoms with Gasteiger partial charge in [-0.3, -0.25) is 4.57 Å². The third-order valence-electron chi connectivity index (χ3n) is 2.38. The van der Waals surface area contributed by atoms with E-state index in [1.807, 2.05) is 0 Å². The van der Waals surface area contributed by atoms with Crippen molar-refractivity contribution in [3.05, 3.63) is 24.5 Å². The Labute approximate surface area is 108 Å². The van der Waals surface area contributed by atoms with E-state index in [0.29, 0.717) is 0 Å². The molecule has 0 bridgehead atoms. The van der Waals surface area contributed by atoms with E-state index >= 15 is 0 Å². The third-order valence-corrected chi connectivity index (χ3v) is 6.04. The van der Waals surface area contributed by atoms with Gasteiger partial charge in [0.25, 0.3) is 5.08 Å². The van der Waals surface area contributed by atoms with Crippen molar-refractivity contribution in [1.82, 2.24) is 0 Å². The van der Waals surface area contributed by atoms with Crippen LogP contribution in [0.1, 0.15) is 0 Å². The van der Waals surface area contributed by atoms with Crippen molar-refractivity contribution in [3.8, 4) is 5.75 Å². The Bertz CT molecular complexity index is 527. The van der Waals surface area contributed by atoms with E-state index in [4.69, 9.17) is 19.4 Å². The molecule has 0 aliphatic heterocycles. The first-order valence-corrected chi connectivity index (χ1v) is 8.05. The van der Waals surface area contributed by atoms with Gasteiger partial charge in [0, 0.05) is 6.07 Å². The maximum Gasteiger partial charge on any atom is 0.372 e. The molecule has 0 radical (unpaired) electrons. The molecule has 1 rings (SSSR count). The molecule has 0 saturated heterocycles. The lowest BCUT2D eigenvalue weighted by molar-refractivity contribution is -0.704. The Hall–Kier alpha value is -0.790. The van der Waals surface area contributed by atoms with Crippen molar-refractivity contribution in [2.45, 2.75) is 11.6 Å². The van der Waals surface area contributed by atoms with Crippen molar-refractivity contribution < 1.29 is 43.1 Å². The van der Waals surface area contributed by atoms with Crippen LogP contribution in [0.25, 0.3) is 0 Å². The van der Waals surface area contributed by atoms with Crippen LogP contribution >= 0.6 is 15.2 Å². The molecule has 2 atom stereocenters. The van der Waals surface area contributed by atoms with Gasteiger partial charge in [0.05, 0.1) is 7.11 Å². The van der Waals surface area contributed by atoms with E-state index in [9.17, 15) is 19.1 Å². The van der Waals surface area contributed by atoms with Gasteiger partial charge in [-0.2, -0.15) is 4.57 Å². The van der Waals surface area contributed by atoms with Gasteiger partial charge in [-0.05, 0) is 6.07 Å². The summed E-state index contributed by atoms with van der Waals surface area (Å²) in [5.74, 6) is 0.272. The molecular formula is C8H13NO8P2. The van der Waals surface area contributed by atoms with Gasteiger partial charge < -0.3 is 34.0 Å². The summed E-state index contributed by atoms with van der Waals surface area (Å²) in [5, 5.41) is 6.05. The summed E-state index contributed by atoms with van der Waals surface area (Å²) in [4.78, 5) is 37.8. The van der Waals surface area contributed by atoms with E-state index in [-0.39, 0.29) is 5.75 Å². The van der Waals surface area contributed by atoms with Crippen LogP contribution < -0.4 is 14.2 Å². The van der Waals surface area contributed by atoms with Gasteiger partial charge in [-0.15, -0.1) is 0 Å². The van der Waals surface area contributed by atoms with Crippen LogP contribution in [-0.2, 0) is 15.7 Å². The molecule has 4 N–H and O–H groups in total. The van der Waals surface area contributed by atoms with Crippen LogP contribution in [0.4, 0.5) is 0 Å². The van der Waals surface area contributed by atoms with Gasteiger partial charge >= 0.3 is 7.60 Å². The SMILES string of the molecule is COc1ccc[n+](CC(O)(P(=O)([O-])O)P(=O)(O)O)c1. The number of nitrogens with zero attached hydrogens (tertiary/aromatic N) is 1. The number of rotatable bonds is 5. The van der Waals surface area contributed by atoms with Crippen LogP contribution in [0, 0.1) is 0 Å². The van der Waals surface area contributed by atoms with Crippen molar-refractivity contribution >= 4 is 15.2 Å². The molecule has 11 heteroatoms. The fourth-order valence-corrected chi connectivity index (χ4v) is 3.31. The lowest BCUT2D eigenvalue weighted by atomic mass is 10.4. The Morgan fingerprint density at radius 2 is 2.00 bits per heavy atom. The molecule has 2 unspecified atom stereocenters. The smallest absolute Gasteiger partial charge is 0.372 e. The van der Waals surface area contributed by atoms with Crippen molar-refractivity contribution in [3.63, 3.8) is 0 Å². The zero-order valence-electron chi connectivity index (χ0n) is 9.78. The molecule has 1 aromatic rings. The average Bonchev–Trinajstić information content (AvgIpc) is 2.26. The zero-order valence-corrected chi connectivity index (χ0v) is 11.6. The first kappa shape index (κ1) is 16.3. The maximum atomic E-state index is 11.1. The minimum atomic E-state index is -5.72. The molecule has 0 spiro atoms. The number of aliphatic hydroxyl groups is 1. The first-order chi connectivity index (χ1) is 8.51. The normalized spacial score (nSPS) is 18.4. The summed E-state index contributed by atoms with van der Waals surface area (Å²) < 4.78 is 28.0. The number of aromatic nitrogens is 1. The van der Waals surface area contributed by atoms with Gasteiger partial charge in [0.1, 0.15) is 0 Å². The monoisotopic (exact) mass is 313 g/mol. The highest BCUT2D eigenvalue weighted by Gasteiger charge is 2.57. The molecule has 0 aliphatic carbocycles. The van der Waals surface area contributed by atoms with Gasteiger partial charge in [-0.25, -0.2) is 0 Å². The van der Waals surface area contributed by atoms with Crippen LogP contribution in [0.15, 0.2) is 24.5 Å². The molecule has 0 aromatic carbocycles. The second-order valence-corrected chi connectivity index (χ2v) is 7.72. The van der Waals surface area contributed by atoms with E-state index in [1.54, 1.807) is 0 Å². The Kier molecular flexibility index (Phi) is 4.54. The molecule has 0 fully saturated rings. The van der Waals surface area contributed by atoms with Gasteiger partial charge in [0.15, 0.2) is 26.1 Å². The van der Waals surface area contributed by atoms with Crippen molar-refractivity contribution in [2.75, 3.05) is 7.11 Å². The molecule has 0 aliphatic rings. The summed E-state index contributed by atoms with van der Waals surface area (Å²) in [7, 11) is -9.91. The van der Waals surface area contributed by atoms with Gasteiger partial charge in [-0.1, -0.05) is 0 Å². The summed E-state index contributed by atoms with van der Waals surface area (Å²) in [6.07, 6.45) is 2.45. The highest BCUT2D eigenvalue weighted by Crippen LogP contribution is 2.65. The van der Waals surface area contributed by atoms with Crippen LogP contribution in [0.2, 0.25) is 0 Å². The number of pyridine rings is 1. The van der Waals surface area contributed by atoms with E-state index in [1.165, 1.54) is 31.6 Å². The molecular weight excluding hydrogens is 300 g/mol. The maximum absolute atomic E-state index is 11.1. The highest BCUT2D eigenvalue weighted by molar-refractivity contribution is 7.71. The second kappa shape index (κ2) is 5.30. The predicted molar refractivity (Wildman–Crippen MR) is 60.0 cm³/mol. The standard InChI is InChI=1S/C8H13NO8P2/c1-17-7-3-2-4-9(5-7)6-8(10,18(11,12)13)19(14,15)16/h2-5,10H,6H2,1H3,(H3-,11,12,13,14,15,16). The summed E-state index contributed by atoms with van der Waals surface area (Å²) in [6.45, 7) is -1.05. The Morgan fingerprint density at radius 1 is 1.42 bits per heavy atom. The highest BCUT2D eigenvalue weighted by atomic mass is 31.2. The number of ether oxygens (including phenoxy) is 1. The van der Waals surface area contributed by atoms with Crippen LogP contribution in [0.5, 0.6) is 5.75 Å². The van der Waals surface area contributed by atoms with Crippen molar-refractivity contribution in [2.24, 2.45) is 0 Å². The minimum Gasteiger partial charge on any atom is -0.776 e. The fourth-order valence-electron chi connectivity index (χ4n) is 1.31. The van der Waals surface area contributed by atoms with E-state index in [2.05, 4.69) is 0 Å². The number of hydrogen-bond acceptors (Lipinski definition) is 5. The average molecular weight is 313 g/mol.